The Morgan fingerprint density at radius 1 is 0.640 bits per heavy atom. The van der Waals surface area contributed by atoms with Gasteiger partial charge in [-0.2, -0.15) is 0 Å². The van der Waals surface area contributed by atoms with Crippen LogP contribution in [-0.4, -0.2) is 70.7 Å². The lowest BCUT2D eigenvalue weighted by atomic mass is 10.1. The van der Waals surface area contributed by atoms with E-state index in [2.05, 4.69) is 98.9 Å². The van der Waals surface area contributed by atoms with E-state index in [0.717, 1.165) is 89.9 Å². The fraction of sp³-hybridized carbons (Fsp3) is 0.634. The minimum atomic E-state index is -4.52. The number of hydrogen-bond donors (Lipinski definition) is 0. The van der Waals surface area contributed by atoms with Gasteiger partial charge in [0.05, 0.1) is 34.4 Å². The first kappa shape index (κ1) is 47.7. The van der Waals surface area contributed by atoms with Crippen molar-refractivity contribution in [1.29, 1.82) is 0 Å². The van der Waals surface area contributed by atoms with E-state index in [4.69, 9.17) is 18.5 Å². The van der Waals surface area contributed by atoms with Crippen molar-refractivity contribution in [3.8, 4) is 0 Å². The fourth-order valence-corrected chi connectivity index (χ4v) is 5.02. The van der Waals surface area contributed by atoms with Crippen LogP contribution in [0.3, 0.4) is 0 Å². The first-order valence-electron chi connectivity index (χ1n) is 18.8. The standard InChI is InChI=1S/C41H70NO7P/c1-6-8-10-12-13-14-15-16-17-18-19-20-21-22-23-24-25-26-27-28-29-30-31-33-36-46-38-40(49-41(43)34-32-11-9-7-2)39-48-50(44,45)47-37-35-42(3,4)5/h8,10,13-14,16-17,19-20,22-23,25-26,28-29,40H,6-7,9,11-12,15,18,21,24,27,30-39H2,1-5H3/b10-8-,14-13-,17-16-,20-19-,23-22-,26-25-,29-28-. The number of phosphoric ester groups is 1. The fourth-order valence-electron chi connectivity index (χ4n) is 4.29. The van der Waals surface area contributed by atoms with Crippen LogP contribution in [0.4, 0.5) is 0 Å². The van der Waals surface area contributed by atoms with Crippen LogP contribution in [0, 0.1) is 0 Å². The third-order valence-corrected chi connectivity index (χ3v) is 8.18. The number of esters is 1. The molecule has 0 aromatic carbocycles. The van der Waals surface area contributed by atoms with Crippen molar-refractivity contribution in [2.24, 2.45) is 0 Å². The Labute approximate surface area is 305 Å². The maximum absolute atomic E-state index is 12.3. The molecular weight excluding hydrogens is 649 g/mol. The van der Waals surface area contributed by atoms with Crippen molar-refractivity contribution < 1.29 is 37.3 Å². The van der Waals surface area contributed by atoms with E-state index in [1.807, 2.05) is 21.1 Å². The summed E-state index contributed by atoms with van der Waals surface area (Å²) in [5.41, 5.74) is 0. The SMILES string of the molecule is CC/C=C\C/C=C\C/C=C\C/C=C\C/C=C\C/C=C\C/C=C\CCCCOCC(COP(=O)([O-])OCC[N+](C)(C)C)OC(=O)CCCCCC. The van der Waals surface area contributed by atoms with Crippen molar-refractivity contribution in [1.82, 2.24) is 0 Å². The molecule has 50 heavy (non-hydrogen) atoms. The molecule has 0 spiro atoms. The summed E-state index contributed by atoms with van der Waals surface area (Å²) in [5.74, 6) is -0.373. The molecule has 0 fully saturated rings. The molecule has 0 aromatic heterocycles. The smallest absolute Gasteiger partial charge is 0.306 e. The van der Waals surface area contributed by atoms with E-state index in [1.165, 1.54) is 0 Å². The third kappa shape index (κ3) is 36.9. The van der Waals surface area contributed by atoms with E-state index >= 15 is 0 Å². The van der Waals surface area contributed by atoms with E-state index in [0.29, 0.717) is 17.6 Å². The highest BCUT2D eigenvalue weighted by Gasteiger charge is 2.20. The summed E-state index contributed by atoms with van der Waals surface area (Å²) in [6.07, 6.45) is 43.8. The number of allylic oxidation sites excluding steroid dienone is 14. The van der Waals surface area contributed by atoms with E-state index < -0.39 is 13.9 Å². The van der Waals surface area contributed by atoms with Gasteiger partial charge in [0.2, 0.25) is 0 Å². The monoisotopic (exact) mass is 719 g/mol. The largest absolute Gasteiger partial charge is 0.756 e. The molecule has 0 rings (SSSR count). The summed E-state index contributed by atoms with van der Waals surface area (Å²) in [6, 6.07) is 0. The minimum absolute atomic E-state index is 0.0124. The maximum atomic E-state index is 12.3. The number of phosphoric acid groups is 1. The number of carbonyl (C=O) groups is 1. The summed E-state index contributed by atoms with van der Waals surface area (Å²) in [6.45, 7) is 5.00. The second-order valence-corrected chi connectivity index (χ2v) is 14.6. The first-order chi connectivity index (χ1) is 24.1. The summed E-state index contributed by atoms with van der Waals surface area (Å²) in [7, 11) is 1.31. The van der Waals surface area contributed by atoms with Crippen molar-refractivity contribution in [2.45, 2.75) is 116 Å². The van der Waals surface area contributed by atoms with Gasteiger partial charge in [-0.05, 0) is 70.6 Å². The molecule has 0 bridgehead atoms. The highest BCUT2D eigenvalue weighted by molar-refractivity contribution is 7.45. The highest BCUT2D eigenvalue weighted by Crippen LogP contribution is 2.38. The van der Waals surface area contributed by atoms with Crippen LogP contribution >= 0.6 is 7.82 Å². The van der Waals surface area contributed by atoms with Gasteiger partial charge in [-0.15, -0.1) is 0 Å². The van der Waals surface area contributed by atoms with Crippen LogP contribution in [0.1, 0.15) is 110 Å². The molecule has 0 heterocycles. The van der Waals surface area contributed by atoms with E-state index in [-0.39, 0.29) is 32.2 Å². The van der Waals surface area contributed by atoms with Crippen molar-refractivity contribution in [3.05, 3.63) is 85.1 Å². The normalized spacial score (nSPS) is 14.9. The minimum Gasteiger partial charge on any atom is -0.756 e. The number of likely N-dealkylation sites (N-methyl/N-ethyl adjacent to an activating group) is 1. The molecule has 0 saturated heterocycles. The Kier molecular flexibility index (Phi) is 32.2. The Morgan fingerprint density at radius 2 is 1.16 bits per heavy atom. The summed E-state index contributed by atoms with van der Waals surface area (Å²) < 4.78 is 34.0. The zero-order chi connectivity index (χ0) is 37.0. The molecule has 286 valence electrons. The average Bonchev–Trinajstić information content (AvgIpc) is 3.06. The van der Waals surface area contributed by atoms with Gasteiger partial charge < -0.3 is 27.9 Å². The molecule has 8 nitrogen and oxygen atoms in total. The molecule has 0 amide bonds. The molecule has 2 unspecified atom stereocenters. The van der Waals surface area contributed by atoms with Crippen LogP contribution in [0.5, 0.6) is 0 Å². The van der Waals surface area contributed by atoms with Gasteiger partial charge in [0, 0.05) is 13.0 Å². The predicted molar refractivity (Wildman–Crippen MR) is 208 cm³/mol. The molecule has 0 aromatic rings. The molecule has 2 atom stereocenters. The molecule has 0 saturated carbocycles. The van der Waals surface area contributed by atoms with E-state index in [1.54, 1.807) is 0 Å². The summed E-state index contributed by atoms with van der Waals surface area (Å²) in [5, 5.41) is 0. The molecule has 0 radical (unpaired) electrons. The number of ether oxygens (including phenoxy) is 2. The average molecular weight is 720 g/mol. The quantitative estimate of drug-likeness (QED) is 0.0219. The number of rotatable bonds is 33. The van der Waals surface area contributed by atoms with Gasteiger partial charge in [-0.3, -0.25) is 9.36 Å². The van der Waals surface area contributed by atoms with Crippen molar-refractivity contribution in [3.63, 3.8) is 0 Å². The number of quaternary nitrogens is 1. The second-order valence-electron chi connectivity index (χ2n) is 13.2. The number of nitrogens with zero attached hydrogens (tertiary/aromatic N) is 1. The molecular formula is C41H70NO7P. The van der Waals surface area contributed by atoms with E-state index in [9.17, 15) is 14.3 Å². The molecule has 9 heteroatoms. The number of carbonyl (C=O) groups excluding carboxylic acids is 1. The lowest BCUT2D eigenvalue weighted by Gasteiger charge is -2.28. The van der Waals surface area contributed by atoms with Crippen LogP contribution in [0.2, 0.25) is 0 Å². The molecule has 0 aliphatic carbocycles. The Hall–Kier alpha value is -2.32. The van der Waals surface area contributed by atoms with Gasteiger partial charge in [0.15, 0.2) is 0 Å². The predicted octanol–water partition coefficient (Wildman–Crippen LogP) is 9.91. The van der Waals surface area contributed by atoms with Gasteiger partial charge in [0.1, 0.15) is 19.3 Å². The highest BCUT2D eigenvalue weighted by atomic mass is 31.2. The van der Waals surface area contributed by atoms with Crippen molar-refractivity contribution in [2.75, 3.05) is 54.1 Å². The Morgan fingerprint density at radius 3 is 1.66 bits per heavy atom. The lowest BCUT2D eigenvalue weighted by molar-refractivity contribution is -0.870. The number of hydrogen-bond acceptors (Lipinski definition) is 7. The third-order valence-electron chi connectivity index (χ3n) is 7.21. The molecule has 0 aliphatic heterocycles. The second kappa shape index (κ2) is 33.8. The van der Waals surface area contributed by atoms with Crippen LogP contribution in [-0.2, 0) is 27.9 Å². The van der Waals surface area contributed by atoms with Crippen LogP contribution < -0.4 is 4.89 Å². The zero-order valence-corrected chi connectivity index (χ0v) is 32.9. The number of unbranched alkanes of at least 4 members (excludes halogenated alkanes) is 5. The Bertz CT molecular complexity index is 1070. The summed E-state index contributed by atoms with van der Waals surface area (Å²) >= 11 is 0. The topological polar surface area (TPSA) is 94.1 Å². The van der Waals surface area contributed by atoms with Crippen molar-refractivity contribution >= 4 is 13.8 Å². The van der Waals surface area contributed by atoms with Gasteiger partial charge in [-0.1, -0.05) is 118 Å². The lowest BCUT2D eigenvalue weighted by Crippen LogP contribution is -2.37. The first-order valence-corrected chi connectivity index (χ1v) is 20.3. The van der Waals surface area contributed by atoms with Crippen LogP contribution in [0.25, 0.3) is 0 Å². The molecule has 0 N–H and O–H groups in total. The maximum Gasteiger partial charge on any atom is 0.306 e. The van der Waals surface area contributed by atoms with Gasteiger partial charge >= 0.3 is 5.97 Å². The van der Waals surface area contributed by atoms with Gasteiger partial charge in [-0.25, -0.2) is 0 Å². The van der Waals surface area contributed by atoms with Crippen LogP contribution in [0.15, 0.2) is 85.1 Å². The van der Waals surface area contributed by atoms with Gasteiger partial charge in [0.25, 0.3) is 7.82 Å². The Balaban J connectivity index is 4.16. The zero-order valence-electron chi connectivity index (χ0n) is 32.1. The molecule has 0 aliphatic rings. The summed E-state index contributed by atoms with van der Waals surface area (Å²) in [4.78, 5) is 24.6.